The van der Waals surface area contributed by atoms with Crippen LogP contribution in [0.25, 0.3) is 70.9 Å². The van der Waals surface area contributed by atoms with Crippen LogP contribution in [0.1, 0.15) is 0 Å². The van der Waals surface area contributed by atoms with Crippen molar-refractivity contribution in [1.29, 1.82) is 0 Å². The molecule has 2 nitrogen and oxygen atoms in total. The molecular weight excluding hydrogens is 541 g/mol. The molecule has 0 bridgehead atoms. The summed E-state index contributed by atoms with van der Waals surface area (Å²) < 4.78 is 17.8. The third kappa shape index (κ3) is 2.91. The number of aromatic nitrogens is 1. The summed E-state index contributed by atoms with van der Waals surface area (Å²) in [6.45, 7) is 0. The third-order valence-corrected chi connectivity index (χ3v) is 12.6. The van der Waals surface area contributed by atoms with Crippen molar-refractivity contribution < 1.29 is 4.57 Å². The minimum absolute atomic E-state index is 0.881. The second-order valence-electron chi connectivity index (χ2n) is 11.6. The zero-order valence-electron chi connectivity index (χ0n) is 23.2. The maximum absolute atomic E-state index is 15.4. The molecule has 200 valence electrons. The number of fused-ring (bicyclic) bond motifs is 7. The van der Waals surface area contributed by atoms with E-state index < -0.39 is 7.14 Å². The lowest BCUT2D eigenvalue weighted by molar-refractivity contribution is 0.593. The van der Waals surface area contributed by atoms with E-state index in [0.29, 0.717) is 0 Å². The fourth-order valence-corrected chi connectivity index (χ4v) is 10.8. The lowest BCUT2D eigenvalue weighted by Crippen LogP contribution is -2.20. The van der Waals surface area contributed by atoms with Gasteiger partial charge in [0.2, 0.25) is 0 Å². The second-order valence-corrected chi connectivity index (χ2v) is 14.3. The van der Waals surface area contributed by atoms with Crippen molar-refractivity contribution >= 4 is 77.2 Å². The van der Waals surface area contributed by atoms with E-state index in [1.807, 2.05) is 36.4 Å². The minimum atomic E-state index is -3.06. The summed E-state index contributed by atoms with van der Waals surface area (Å²) >= 11 is 0. The Hall–Kier alpha value is -5.17. The Morgan fingerprint density at radius 3 is 1.93 bits per heavy atom. The third-order valence-electron chi connectivity index (χ3n) is 9.49. The zero-order valence-corrected chi connectivity index (χ0v) is 24.1. The van der Waals surface area contributed by atoms with Crippen molar-refractivity contribution in [2.75, 3.05) is 0 Å². The molecule has 0 aliphatic carbocycles. The molecule has 0 N–H and O–H groups in total. The van der Waals surface area contributed by atoms with E-state index in [9.17, 15) is 0 Å². The van der Waals surface area contributed by atoms with Gasteiger partial charge in [0.05, 0.1) is 11.0 Å². The summed E-state index contributed by atoms with van der Waals surface area (Å²) in [5.41, 5.74) is 5.54. The Balaban J connectivity index is 1.38. The first-order valence-corrected chi connectivity index (χ1v) is 16.4. The molecule has 8 aromatic carbocycles. The number of rotatable bonds is 2. The Morgan fingerprint density at radius 2 is 1.14 bits per heavy atom. The first-order valence-electron chi connectivity index (χ1n) is 14.7. The van der Waals surface area contributed by atoms with Gasteiger partial charge in [-0.1, -0.05) is 121 Å². The molecule has 10 rings (SSSR count). The molecule has 2 heterocycles. The molecule has 0 amide bonds. The van der Waals surface area contributed by atoms with Crippen LogP contribution in [0.2, 0.25) is 0 Å². The normalized spacial score (nSPS) is 16.1. The molecule has 1 aromatic heterocycles. The average molecular weight is 566 g/mol. The van der Waals surface area contributed by atoms with Crippen LogP contribution < -0.4 is 15.9 Å². The number of benzene rings is 8. The maximum Gasteiger partial charge on any atom is 0.172 e. The fraction of sp³-hybridized carbons (Fsp3) is 0. The molecule has 0 radical (unpaired) electrons. The largest absolute Gasteiger partial charge is 0.309 e. The molecule has 0 saturated heterocycles. The van der Waals surface area contributed by atoms with E-state index in [1.54, 1.807) is 0 Å². The Bertz CT molecular complexity index is 2580. The molecule has 1 unspecified atom stereocenters. The molecule has 43 heavy (non-hydrogen) atoms. The highest BCUT2D eigenvalue weighted by atomic mass is 31.2. The summed E-state index contributed by atoms with van der Waals surface area (Å²) in [7, 11) is -3.06. The van der Waals surface area contributed by atoms with E-state index in [2.05, 4.69) is 114 Å². The van der Waals surface area contributed by atoms with Crippen LogP contribution in [0.3, 0.4) is 0 Å². The van der Waals surface area contributed by atoms with Gasteiger partial charge >= 0.3 is 0 Å². The predicted molar refractivity (Wildman–Crippen MR) is 183 cm³/mol. The Kier molecular flexibility index (Phi) is 4.47. The van der Waals surface area contributed by atoms with Crippen LogP contribution in [-0.4, -0.2) is 4.57 Å². The van der Waals surface area contributed by atoms with Crippen molar-refractivity contribution in [3.8, 4) is 16.8 Å². The molecule has 0 spiro atoms. The van der Waals surface area contributed by atoms with Gasteiger partial charge < -0.3 is 9.13 Å². The van der Waals surface area contributed by atoms with E-state index in [4.69, 9.17) is 0 Å². The molecule has 3 heteroatoms. The van der Waals surface area contributed by atoms with Crippen molar-refractivity contribution in [3.05, 3.63) is 146 Å². The van der Waals surface area contributed by atoms with Gasteiger partial charge in [-0.05, 0) is 62.1 Å². The number of nitrogens with zero attached hydrogens (tertiary/aromatic N) is 1. The summed E-state index contributed by atoms with van der Waals surface area (Å²) in [6.07, 6.45) is 0. The van der Waals surface area contributed by atoms with E-state index in [-0.39, 0.29) is 0 Å². The first-order chi connectivity index (χ1) is 21.2. The summed E-state index contributed by atoms with van der Waals surface area (Å²) in [5, 5.41) is 12.7. The predicted octanol–water partition coefficient (Wildman–Crippen LogP) is 9.30. The van der Waals surface area contributed by atoms with Gasteiger partial charge in [-0.25, -0.2) is 0 Å². The first kappa shape index (κ1) is 23.4. The summed E-state index contributed by atoms with van der Waals surface area (Å²) in [4.78, 5) is 0. The topological polar surface area (TPSA) is 22.0 Å². The summed E-state index contributed by atoms with van der Waals surface area (Å²) in [6, 6.07) is 51.5. The lowest BCUT2D eigenvalue weighted by Gasteiger charge is -2.17. The number of hydrogen-bond donors (Lipinski definition) is 0. The highest BCUT2D eigenvalue weighted by Crippen LogP contribution is 2.54. The van der Waals surface area contributed by atoms with Gasteiger partial charge in [0.25, 0.3) is 0 Å². The molecular formula is C40H24NOP. The highest BCUT2D eigenvalue weighted by molar-refractivity contribution is 7.86. The second kappa shape index (κ2) is 8.22. The van der Waals surface area contributed by atoms with Gasteiger partial charge in [0.15, 0.2) is 7.14 Å². The average Bonchev–Trinajstić information content (AvgIpc) is 3.54. The van der Waals surface area contributed by atoms with Crippen LogP contribution in [0.5, 0.6) is 0 Å². The van der Waals surface area contributed by atoms with Crippen LogP contribution >= 0.6 is 7.14 Å². The molecule has 1 aliphatic rings. The van der Waals surface area contributed by atoms with Gasteiger partial charge in [0, 0.05) is 37.9 Å². The standard InChI is InChI=1S/C40H24NOP/c42-43(30-11-2-1-3-12-30)35-16-7-5-14-33(35)39-36(43)22-21-32-31-13-4-6-15-34(31)41(40(32)39)29-23-27-19-17-25-9-8-10-26-18-20-28(24-29)38(27)37(25)26/h1-24H. The number of para-hydroxylation sites is 1. The Labute approximate surface area is 248 Å². The Morgan fingerprint density at radius 1 is 0.488 bits per heavy atom. The van der Waals surface area contributed by atoms with E-state index in [0.717, 1.165) is 43.8 Å². The smallest absolute Gasteiger partial charge is 0.172 e. The van der Waals surface area contributed by atoms with Gasteiger partial charge in [0.1, 0.15) is 0 Å². The minimum Gasteiger partial charge on any atom is -0.309 e. The van der Waals surface area contributed by atoms with Crippen LogP contribution in [0.4, 0.5) is 0 Å². The van der Waals surface area contributed by atoms with Crippen LogP contribution in [0.15, 0.2) is 146 Å². The van der Waals surface area contributed by atoms with Gasteiger partial charge in [-0.15, -0.1) is 0 Å². The molecule has 1 atom stereocenters. The van der Waals surface area contributed by atoms with Crippen LogP contribution in [0, 0.1) is 0 Å². The van der Waals surface area contributed by atoms with Crippen molar-refractivity contribution in [2.24, 2.45) is 0 Å². The maximum atomic E-state index is 15.4. The van der Waals surface area contributed by atoms with Gasteiger partial charge in [-0.3, -0.25) is 0 Å². The van der Waals surface area contributed by atoms with Crippen molar-refractivity contribution in [1.82, 2.24) is 4.57 Å². The highest BCUT2D eigenvalue weighted by Gasteiger charge is 2.41. The van der Waals surface area contributed by atoms with Crippen molar-refractivity contribution in [3.63, 3.8) is 0 Å². The van der Waals surface area contributed by atoms with E-state index in [1.165, 1.54) is 43.1 Å². The molecule has 0 fully saturated rings. The molecule has 1 aliphatic heterocycles. The monoisotopic (exact) mass is 565 g/mol. The SMILES string of the molecule is O=P1(c2ccccc2)c2ccccc2-c2c1ccc1c3ccccc3n(-c3cc4ccc5cccc6ccc(c3)c4c56)c21. The van der Waals surface area contributed by atoms with Gasteiger partial charge in [-0.2, -0.15) is 0 Å². The van der Waals surface area contributed by atoms with Crippen molar-refractivity contribution in [2.45, 2.75) is 0 Å². The summed E-state index contributed by atoms with van der Waals surface area (Å²) in [5.74, 6) is 0. The van der Waals surface area contributed by atoms with Crippen LogP contribution in [-0.2, 0) is 4.57 Å². The zero-order chi connectivity index (χ0) is 28.3. The lowest BCUT2D eigenvalue weighted by atomic mass is 9.94. The fourth-order valence-electron chi connectivity index (χ4n) is 7.71. The number of hydrogen-bond acceptors (Lipinski definition) is 1. The van der Waals surface area contributed by atoms with E-state index >= 15 is 4.57 Å². The molecule has 9 aromatic rings. The molecule has 0 saturated carbocycles. The quantitative estimate of drug-likeness (QED) is 0.151.